The summed E-state index contributed by atoms with van der Waals surface area (Å²) in [6.45, 7) is 0.725. The molecule has 4 nitrogen and oxygen atoms in total. The molecule has 0 saturated heterocycles. The van der Waals surface area contributed by atoms with E-state index in [1.807, 2.05) is 0 Å². The van der Waals surface area contributed by atoms with Gasteiger partial charge in [0.05, 0.1) is 5.57 Å². The topological polar surface area (TPSA) is 44.8 Å². The van der Waals surface area contributed by atoms with Crippen LogP contribution in [0, 0.1) is 12.3 Å². The van der Waals surface area contributed by atoms with Crippen LogP contribution in [0.15, 0.2) is 12.2 Å². The predicted octanol–water partition coefficient (Wildman–Crippen LogP) is 2.78. The van der Waals surface area contributed by atoms with E-state index in [4.69, 9.17) is 0 Å². The van der Waals surface area contributed by atoms with Gasteiger partial charge in [0.15, 0.2) is 0 Å². The normalized spacial score (nSPS) is 15.2. The zero-order valence-corrected chi connectivity index (χ0v) is 8.69. The van der Waals surface area contributed by atoms with Gasteiger partial charge >= 0.3 is 14.1 Å². The molecule has 16 heavy (non-hydrogen) atoms. The van der Waals surface area contributed by atoms with Gasteiger partial charge in [0.25, 0.3) is 0 Å². The smallest absolute Gasteiger partial charge is 0.269 e. The SMILES string of the molecule is C#CCOP(=O)(F)OOCC(=C)C(F)(F)F. The lowest BCUT2D eigenvalue weighted by atomic mass is 10.3. The summed E-state index contributed by atoms with van der Waals surface area (Å²) in [5, 5.41) is 0. The van der Waals surface area contributed by atoms with E-state index in [1.54, 1.807) is 5.92 Å². The fourth-order valence-electron chi connectivity index (χ4n) is 0.378. The summed E-state index contributed by atoms with van der Waals surface area (Å²) in [5.41, 5.74) is -1.33. The van der Waals surface area contributed by atoms with E-state index in [0.717, 1.165) is 0 Å². The maximum atomic E-state index is 12.6. The van der Waals surface area contributed by atoms with Crippen molar-refractivity contribution in [1.82, 2.24) is 0 Å². The summed E-state index contributed by atoms with van der Waals surface area (Å²) in [6, 6.07) is 0. The molecule has 0 N–H and O–H groups in total. The van der Waals surface area contributed by atoms with Crippen LogP contribution in [0.2, 0.25) is 0 Å². The van der Waals surface area contributed by atoms with Gasteiger partial charge in [-0.1, -0.05) is 12.5 Å². The van der Waals surface area contributed by atoms with Crippen molar-refractivity contribution in [2.45, 2.75) is 6.18 Å². The lowest BCUT2D eigenvalue weighted by Gasteiger charge is -2.10. The highest BCUT2D eigenvalue weighted by atomic mass is 31.2. The van der Waals surface area contributed by atoms with Crippen LogP contribution in [0.5, 0.6) is 0 Å². The molecule has 0 aliphatic heterocycles. The van der Waals surface area contributed by atoms with Crippen molar-refractivity contribution in [1.29, 1.82) is 0 Å². The van der Waals surface area contributed by atoms with Gasteiger partial charge in [-0.25, -0.2) is 9.45 Å². The van der Waals surface area contributed by atoms with Crippen LogP contribution in [0.3, 0.4) is 0 Å². The Morgan fingerprint density at radius 3 is 2.50 bits per heavy atom. The zero-order chi connectivity index (χ0) is 12.8. The van der Waals surface area contributed by atoms with Gasteiger partial charge < -0.3 is 0 Å². The number of alkyl halides is 3. The molecule has 1 atom stereocenters. The maximum Gasteiger partial charge on any atom is 0.541 e. The molecule has 0 amide bonds. The summed E-state index contributed by atoms with van der Waals surface area (Å²) in [4.78, 5) is 3.73. The Morgan fingerprint density at radius 1 is 1.50 bits per heavy atom. The molecule has 0 radical (unpaired) electrons. The van der Waals surface area contributed by atoms with Gasteiger partial charge in [0, 0.05) is 0 Å². The Bertz CT molecular complexity index is 332. The summed E-state index contributed by atoms with van der Waals surface area (Å²) < 4.78 is 66.0. The van der Waals surface area contributed by atoms with E-state index in [1.165, 1.54) is 0 Å². The van der Waals surface area contributed by atoms with E-state index >= 15 is 0 Å². The molecule has 0 fully saturated rings. The van der Waals surface area contributed by atoms with E-state index in [2.05, 4.69) is 27.1 Å². The first-order chi connectivity index (χ1) is 7.19. The summed E-state index contributed by atoms with van der Waals surface area (Å²) in [5.74, 6) is 1.78. The van der Waals surface area contributed by atoms with Crippen LogP contribution in [0.4, 0.5) is 17.4 Å². The van der Waals surface area contributed by atoms with Gasteiger partial charge in [-0.15, -0.1) is 15.3 Å². The minimum absolute atomic E-state index is 0.669. The predicted molar refractivity (Wildman–Crippen MR) is 45.7 cm³/mol. The van der Waals surface area contributed by atoms with Crippen LogP contribution in [0.25, 0.3) is 0 Å². The second kappa shape index (κ2) is 6.01. The van der Waals surface area contributed by atoms with Crippen LogP contribution >= 0.6 is 7.91 Å². The fraction of sp³-hybridized carbons (Fsp3) is 0.429. The second-order valence-corrected chi connectivity index (χ2v) is 3.61. The third kappa shape index (κ3) is 6.58. The van der Waals surface area contributed by atoms with E-state index in [9.17, 15) is 21.9 Å². The Kier molecular flexibility index (Phi) is 5.68. The first kappa shape index (κ1) is 15.1. The van der Waals surface area contributed by atoms with Crippen LogP contribution in [-0.2, 0) is 18.7 Å². The fourth-order valence-corrected chi connectivity index (χ4v) is 0.829. The average Bonchev–Trinajstić information content (AvgIpc) is 2.13. The van der Waals surface area contributed by atoms with E-state index < -0.39 is 32.9 Å². The molecule has 0 aliphatic rings. The molecule has 0 saturated carbocycles. The average molecular weight is 262 g/mol. The minimum Gasteiger partial charge on any atom is -0.269 e. The third-order valence-corrected chi connectivity index (χ3v) is 1.80. The van der Waals surface area contributed by atoms with Gasteiger partial charge in [-0.3, -0.25) is 4.52 Å². The number of terminal acetylenes is 1. The van der Waals surface area contributed by atoms with Gasteiger partial charge in [-0.2, -0.15) is 13.2 Å². The number of hydrogen-bond acceptors (Lipinski definition) is 4. The highest BCUT2D eigenvalue weighted by molar-refractivity contribution is 7.47. The molecule has 0 aromatic carbocycles. The quantitative estimate of drug-likeness (QED) is 0.184. The van der Waals surface area contributed by atoms with Crippen molar-refractivity contribution < 1.29 is 36.0 Å². The van der Waals surface area contributed by atoms with Gasteiger partial charge in [-0.05, 0) is 0 Å². The standard InChI is InChI=1S/C7H7F4O4P/c1-3-4-14-16(11,12)15-13-5-6(2)7(8,9)10/h1H,2,4-5H2. The van der Waals surface area contributed by atoms with Crippen molar-refractivity contribution in [2.24, 2.45) is 0 Å². The molecule has 1 unspecified atom stereocenters. The molecular formula is C7H7F4O4P. The molecule has 9 heteroatoms. The lowest BCUT2D eigenvalue weighted by Crippen LogP contribution is -2.15. The first-order valence-electron chi connectivity index (χ1n) is 3.63. The Labute approximate surface area is 88.8 Å². The van der Waals surface area contributed by atoms with Gasteiger partial charge in [0.1, 0.15) is 13.2 Å². The van der Waals surface area contributed by atoms with Crippen LogP contribution in [-0.4, -0.2) is 19.4 Å². The van der Waals surface area contributed by atoms with Gasteiger partial charge in [0.2, 0.25) is 0 Å². The Morgan fingerprint density at radius 2 is 2.06 bits per heavy atom. The summed E-state index contributed by atoms with van der Waals surface area (Å²) in [7, 11) is -5.09. The first-order valence-corrected chi connectivity index (χ1v) is 5.06. The Balaban J connectivity index is 3.95. The third-order valence-electron chi connectivity index (χ3n) is 1.08. The van der Waals surface area contributed by atoms with Crippen LogP contribution < -0.4 is 0 Å². The molecule has 0 aromatic heterocycles. The molecule has 0 spiro atoms. The lowest BCUT2D eigenvalue weighted by molar-refractivity contribution is -0.222. The van der Waals surface area contributed by atoms with Crippen molar-refractivity contribution in [2.75, 3.05) is 13.2 Å². The Hall–Kier alpha value is -0.870. The number of rotatable bonds is 6. The zero-order valence-electron chi connectivity index (χ0n) is 7.79. The van der Waals surface area contributed by atoms with Crippen molar-refractivity contribution >= 4 is 7.91 Å². The summed E-state index contributed by atoms with van der Waals surface area (Å²) >= 11 is 0. The summed E-state index contributed by atoms with van der Waals surface area (Å²) in [6.07, 6.45) is -0.0574. The monoisotopic (exact) mass is 262 g/mol. The molecule has 92 valence electrons. The van der Waals surface area contributed by atoms with Crippen LogP contribution in [0.1, 0.15) is 0 Å². The molecular weight excluding hydrogens is 255 g/mol. The van der Waals surface area contributed by atoms with Crippen molar-refractivity contribution in [3.63, 3.8) is 0 Å². The molecule has 0 heterocycles. The largest absolute Gasteiger partial charge is 0.541 e. The van der Waals surface area contributed by atoms with Crippen molar-refractivity contribution in [3.05, 3.63) is 12.2 Å². The molecule has 0 aromatic rings. The highest BCUT2D eigenvalue weighted by Crippen LogP contribution is 2.50. The van der Waals surface area contributed by atoms with Crippen molar-refractivity contribution in [3.8, 4) is 12.3 Å². The van der Waals surface area contributed by atoms with E-state index in [-0.39, 0.29) is 0 Å². The minimum atomic E-state index is -5.09. The highest BCUT2D eigenvalue weighted by Gasteiger charge is 2.33. The second-order valence-electron chi connectivity index (χ2n) is 2.35. The van der Waals surface area contributed by atoms with E-state index in [0.29, 0.717) is 0 Å². The molecule has 0 rings (SSSR count). The number of hydrogen-bond donors (Lipinski definition) is 0. The molecule has 0 aliphatic carbocycles. The molecule has 0 bridgehead atoms. The maximum absolute atomic E-state index is 12.6. The number of halogens is 4.